The van der Waals surface area contributed by atoms with Gasteiger partial charge in [0.25, 0.3) is 5.91 Å². The Hall–Kier alpha value is -1.56. The van der Waals surface area contributed by atoms with Crippen LogP contribution in [0.5, 0.6) is 5.75 Å². The van der Waals surface area contributed by atoms with Crippen molar-refractivity contribution < 1.29 is 9.90 Å². The largest absolute Gasteiger partial charge is 0.507 e. The summed E-state index contributed by atoms with van der Waals surface area (Å²) < 4.78 is 0.771. The van der Waals surface area contributed by atoms with Crippen LogP contribution >= 0.6 is 28.3 Å². The lowest BCUT2D eigenvalue weighted by Gasteiger charge is -2.17. The first-order valence-electron chi connectivity index (χ1n) is 7.63. The first-order chi connectivity index (χ1) is 11.1. The van der Waals surface area contributed by atoms with Gasteiger partial charge in [-0.3, -0.25) is 4.79 Å². The number of phenols is 1. The highest BCUT2D eigenvalue weighted by Crippen LogP contribution is 2.34. The van der Waals surface area contributed by atoms with Gasteiger partial charge in [-0.1, -0.05) is 46.3 Å². The number of carbonyl (C=O) groups excluding carboxylic acids is 1. The molecule has 0 aliphatic carbocycles. The third kappa shape index (κ3) is 3.74. The molecule has 0 bridgehead atoms. The van der Waals surface area contributed by atoms with Crippen LogP contribution in [0.15, 0.2) is 53.0 Å². The van der Waals surface area contributed by atoms with Gasteiger partial charge < -0.3 is 15.7 Å². The SMILES string of the molecule is Cl.NC[C@@H]1CN(C(=O)c2cc(Br)ccc2O)C[C@H]1c1ccccc1. The fraction of sp³-hybridized carbons (Fsp3) is 0.278. The fourth-order valence-electron chi connectivity index (χ4n) is 3.20. The number of aromatic hydroxyl groups is 1. The molecular formula is C18H20BrClN2O2. The van der Waals surface area contributed by atoms with Gasteiger partial charge in [0.15, 0.2) is 0 Å². The van der Waals surface area contributed by atoms with Crippen LogP contribution < -0.4 is 5.73 Å². The number of hydrogen-bond donors (Lipinski definition) is 2. The van der Waals surface area contributed by atoms with Gasteiger partial charge in [-0.25, -0.2) is 0 Å². The highest BCUT2D eigenvalue weighted by Gasteiger charge is 2.36. The van der Waals surface area contributed by atoms with E-state index in [-0.39, 0.29) is 35.9 Å². The lowest BCUT2D eigenvalue weighted by molar-refractivity contribution is 0.0783. The molecule has 0 aromatic heterocycles. The second kappa shape index (κ2) is 8.01. The van der Waals surface area contributed by atoms with Crippen LogP contribution in [0.4, 0.5) is 0 Å². The van der Waals surface area contributed by atoms with E-state index in [0.717, 1.165) is 4.47 Å². The van der Waals surface area contributed by atoms with Gasteiger partial charge in [-0.05, 0) is 36.2 Å². The maximum atomic E-state index is 12.8. The molecule has 1 saturated heterocycles. The summed E-state index contributed by atoms with van der Waals surface area (Å²) in [6.45, 7) is 1.77. The van der Waals surface area contributed by atoms with E-state index in [1.807, 2.05) is 18.2 Å². The molecule has 0 spiro atoms. The van der Waals surface area contributed by atoms with Crippen LogP contribution in [0.3, 0.4) is 0 Å². The van der Waals surface area contributed by atoms with Crippen molar-refractivity contribution in [2.45, 2.75) is 5.92 Å². The third-order valence-corrected chi connectivity index (χ3v) is 4.94. The molecule has 1 aliphatic heterocycles. The number of phenolic OH excluding ortho intramolecular Hbond substituents is 1. The number of carbonyl (C=O) groups is 1. The molecule has 0 radical (unpaired) electrons. The van der Waals surface area contributed by atoms with Crippen molar-refractivity contribution in [3.63, 3.8) is 0 Å². The predicted molar refractivity (Wildman–Crippen MR) is 101 cm³/mol. The van der Waals surface area contributed by atoms with Gasteiger partial charge in [-0.2, -0.15) is 0 Å². The van der Waals surface area contributed by atoms with E-state index in [0.29, 0.717) is 25.2 Å². The summed E-state index contributed by atoms with van der Waals surface area (Å²) in [5, 5.41) is 9.98. The molecule has 2 aromatic rings. The molecule has 6 heteroatoms. The smallest absolute Gasteiger partial charge is 0.257 e. The number of nitrogens with zero attached hydrogens (tertiary/aromatic N) is 1. The van der Waals surface area contributed by atoms with E-state index >= 15 is 0 Å². The average Bonchev–Trinajstić information content (AvgIpc) is 3.01. The van der Waals surface area contributed by atoms with Crippen molar-refractivity contribution in [1.82, 2.24) is 4.90 Å². The zero-order chi connectivity index (χ0) is 16.4. The Balaban J connectivity index is 0.00000208. The van der Waals surface area contributed by atoms with Gasteiger partial charge in [0, 0.05) is 23.5 Å². The van der Waals surface area contributed by atoms with E-state index in [1.165, 1.54) is 11.6 Å². The molecule has 24 heavy (non-hydrogen) atoms. The number of likely N-dealkylation sites (tertiary alicyclic amines) is 1. The highest BCUT2D eigenvalue weighted by atomic mass is 79.9. The minimum atomic E-state index is -0.152. The van der Waals surface area contributed by atoms with Gasteiger partial charge >= 0.3 is 0 Å². The van der Waals surface area contributed by atoms with Crippen LogP contribution in [0.25, 0.3) is 0 Å². The highest BCUT2D eigenvalue weighted by molar-refractivity contribution is 9.10. The Kier molecular flexibility index (Phi) is 6.27. The van der Waals surface area contributed by atoms with Crippen LogP contribution in [0, 0.1) is 5.92 Å². The van der Waals surface area contributed by atoms with Crippen LogP contribution in [0.2, 0.25) is 0 Å². The molecule has 0 unspecified atom stereocenters. The van der Waals surface area contributed by atoms with Gasteiger partial charge in [0.2, 0.25) is 0 Å². The van der Waals surface area contributed by atoms with E-state index in [4.69, 9.17) is 5.73 Å². The monoisotopic (exact) mass is 410 g/mol. The minimum Gasteiger partial charge on any atom is -0.507 e. The van der Waals surface area contributed by atoms with Crippen LogP contribution in [-0.2, 0) is 0 Å². The first kappa shape index (κ1) is 18.8. The Morgan fingerprint density at radius 3 is 2.58 bits per heavy atom. The predicted octanol–water partition coefficient (Wildman–Crippen LogP) is 3.39. The molecule has 1 fully saturated rings. The Morgan fingerprint density at radius 2 is 1.92 bits per heavy atom. The second-order valence-electron chi connectivity index (χ2n) is 5.88. The molecule has 2 atom stereocenters. The first-order valence-corrected chi connectivity index (χ1v) is 8.42. The summed E-state index contributed by atoms with van der Waals surface area (Å²) in [6, 6.07) is 15.1. The Morgan fingerprint density at radius 1 is 1.21 bits per heavy atom. The number of halogens is 2. The Labute approximate surface area is 156 Å². The van der Waals surface area contributed by atoms with Gasteiger partial charge in [-0.15, -0.1) is 12.4 Å². The topological polar surface area (TPSA) is 66.6 Å². The van der Waals surface area contributed by atoms with Gasteiger partial charge in [0.1, 0.15) is 5.75 Å². The van der Waals surface area contributed by atoms with Crippen molar-refractivity contribution in [1.29, 1.82) is 0 Å². The summed E-state index contributed by atoms with van der Waals surface area (Å²) in [5.41, 5.74) is 7.45. The molecule has 3 rings (SSSR count). The van der Waals surface area contributed by atoms with Crippen molar-refractivity contribution in [2.75, 3.05) is 19.6 Å². The summed E-state index contributed by atoms with van der Waals surface area (Å²) in [7, 11) is 0. The Bertz CT molecular complexity index is 711. The van der Waals surface area contributed by atoms with E-state index < -0.39 is 0 Å². The summed E-state index contributed by atoms with van der Waals surface area (Å²) in [5.74, 6) is 0.321. The summed E-state index contributed by atoms with van der Waals surface area (Å²) >= 11 is 3.35. The molecule has 1 aliphatic rings. The number of hydrogen-bond acceptors (Lipinski definition) is 3. The lowest BCUT2D eigenvalue weighted by Crippen LogP contribution is -2.29. The molecule has 0 saturated carbocycles. The number of rotatable bonds is 3. The zero-order valence-corrected chi connectivity index (χ0v) is 15.5. The molecule has 128 valence electrons. The maximum Gasteiger partial charge on any atom is 0.257 e. The van der Waals surface area contributed by atoms with Crippen LogP contribution in [-0.4, -0.2) is 35.5 Å². The van der Waals surface area contributed by atoms with E-state index in [9.17, 15) is 9.90 Å². The maximum absolute atomic E-state index is 12.8. The van der Waals surface area contributed by atoms with E-state index in [2.05, 4.69) is 28.1 Å². The molecule has 4 nitrogen and oxygen atoms in total. The normalized spacial score (nSPS) is 19.8. The molecule has 3 N–H and O–H groups in total. The number of benzene rings is 2. The molecule has 1 amide bonds. The second-order valence-corrected chi connectivity index (χ2v) is 6.80. The summed E-state index contributed by atoms with van der Waals surface area (Å²) in [4.78, 5) is 14.6. The number of nitrogens with two attached hydrogens (primary N) is 1. The minimum absolute atomic E-state index is 0. The zero-order valence-electron chi connectivity index (χ0n) is 13.1. The molecule has 2 aromatic carbocycles. The van der Waals surface area contributed by atoms with E-state index in [1.54, 1.807) is 17.0 Å². The fourth-order valence-corrected chi connectivity index (χ4v) is 3.56. The lowest BCUT2D eigenvalue weighted by atomic mass is 9.89. The number of amides is 1. The van der Waals surface area contributed by atoms with Crippen molar-refractivity contribution in [3.8, 4) is 5.75 Å². The third-order valence-electron chi connectivity index (χ3n) is 4.45. The van der Waals surface area contributed by atoms with Crippen molar-refractivity contribution in [3.05, 3.63) is 64.1 Å². The van der Waals surface area contributed by atoms with Crippen molar-refractivity contribution >= 4 is 34.2 Å². The van der Waals surface area contributed by atoms with Crippen LogP contribution in [0.1, 0.15) is 21.8 Å². The quantitative estimate of drug-likeness (QED) is 0.813. The average molecular weight is 412 g/mol. The summed E-state index contributed by atoms with van der Waals surface area (Å²) in [6.07, 6.45) is 0. The van der Waals surface area contributed by atoms with Gasteiger partial charge in [0.05, 0.1) is 5.56 Å². The molecule has 1 heterocycles. The standard InChI is InChI=1S/C18H19BrN2O2.ClH/c19-14-6-7-17(22)15(8-14)18(23)21-10-13(9-20)16(11-21)12-4-2-1-3-5-12;/h1-8,13,16,22H,9-11,20H2;1H/t13-,16+;/m1./s1. The molecular weight excluding hydrogens is 392 g/mol. The van der Waals surface area contributed by atoms with Crippen molar-refractivity contribution in [2.24, 2.45) is 11.7 Å².